The lowest BCUT2D eigenvalue weighted by Gasteiger charge is -2.26. The molecule has 5 heteroatoms. The third-order valence-corrected chi connectivity index (χ3v) is 1.42. The predicted molar refractivity (Wildman–Crippen MR) is 41.1 cm³/mol. The average Bonchev–Trinajstić information content (AvgIpc) is 1.81. The molecule has 0 aromatic carbocycles. The van der Waals surface area contributed by atoms with Crippen molar-refractivity contribution < 1.29 is 27.0 Å². The normalized spacial score (nSPS) is 13.9. The van der Waals surface area contributed by atoms with Crippen LogP contribution in [0.25, 0.3) is 0 Å². The van der Waals surface area contributed by atoms with Crippen LogP contribution in [0.1, 0.15) is 0 Å². The number of hydrogen-bond donors (Lipinski definition) is 1. The molecule has 0 aliphatic rings. The van der Waals surface area contributed by atoms with Gasteiger partial charge in [-0.2, -0.15) is 0 Å². The Labute approximate surface area is 78.8 Å². The van der Waals surface area contributed by atoms with Gasteiger partial charge in [-0.25, -0.2) is 4.89 Å². The first kappa shape index (κ1) is 14.0. The van der Waals surface area contributed by atoms with E-state index in [1.807, 2.05) is 21.1 Å². The zero-order valence-electron chi connectivity index (χ0n) is 7.05. The molecule has 0 radical (unpaired) electrons. The molecule has 0 aliphatic heterocycles. The van der Waals surface area contributed by atoms with Crippen molar-refractivity contribution in [3.63, 3.8) is 0 Å². The molecule has 0 aliphatic carbocycles. The topological polar surface area (TPSA) is 29.5 Å². The number of rotatable bonds is 4. The van der Waals surface area contributed by atoms with Crippen molar-refractivity contribution >= 4 is 11.6 Å². The van der Waals surface area contributed by atoms with Crippen LogP contribution >= 0.6 is 11.6 Å². The van der Waals surface area contributed by atoms with Gasteiger partial charge in [0.25, 0.3) is 0 Å². The highest BCUT2D eigenvalue weighted by Gasteiger charge is 2.17. The second-order valence-corrected chi connectivity index (χ2v) is 3.66. The summed E-state index contributed by atoms with van der Waals surface area (Å²) in [6.07, 6.45) is -0.262. The Morgan fingerprint density at radius 2 is 1.91 bits per heavy atom. The summed E-state index contributed by atoms with van der Waals surface area (Å²) in [6.45, 7) is 0.708. The lowest BCUT2D eigenvalue weighted by Crippen LogP contribution is -3.00. The SMILES string of the molecule is C[N+](C)(C)CC(CCl)OO.[Cl-]. The fraction of sp³-hybridized carbons (Fsp3) is 1.00. The molecule has 0 amide bonds. The summed E-state index contributed by atoms with van der Waals surface area (Å²) in [5, 5.41) is 8.29. The summed E-state index contributed by atoms with van der Waals surface area (Å²) >= 11 is 5.48. The van der Waals surface area contributed by atoms with Crippen LogP contribution in [0.2, 0.25) is 0 Å². The maximum atomic E-state index is 8.29. The molecule has 0 rings (SSSR count). The molecule has 0 aromatic heterocycles. The first-order chi connectivity index (χ1) is 4.49. The smallest absolute Gasteiger partial charge is 0.155 e. The third-order valence-electron chi connectivity index (χ3n) is 1.07. The van der Waals surface area contributed by atoms with Crippen LogP contribution in [0.5, 0.6) is 0 Å². The molecule has 0 bridgehead atoms. The van der Waals surface area contributed by atoms with E-state index in [0.717, 1.165) is 4.48 Å². The number of quaternary nitrogens is 1. The van der Waals surface area contributed by atoms with Crippen LogP contribution < -0.4 is 12.4 Å². The van der Waals surface area contributed by atoms with Crippen molar-refractivity contribution in [3.8, 4) is 0 Å². The molecule has 11 heavy (non-hydrogen) atoms. The predicted octanol–water partition coefficient (Wildman–Crippen LogP) is -2.21. The molecule has 1 unspecified atom stereocenters. The van der Waals surface area contributed by atoms with Crippen molar-refractivity contribution in [3.05, 3.63) is 0 Å². The van der Waals surface area contributed by atoms with E-state index in [9.17, 15) is 0 Å². The lowest BCUT2D eigenvalue weighted by atomic mass is 10.3. The van der Waals surface area contributed by atoms with E-state index in [4.69, 9.17) is 16.9 Å². The molecule has 3 nitrogen and oxygen atoms in total. The highest BCUT2D eigenvalue weighted by atomic mass is 35.5. The summed E-state index contributed by atoms with van der Waals surface area (Å²) in [6, 6.07) is 0. The molecule has 0 saturated heterocycles. The van der Waals surface area contributed by atoms with E-state index >= 15 is 0 Å². The molecule has 0 fully saturated rings. The van der Waals surface area contributed by atoms with Gasteiger partial charge in [0, 0.05) is 0 Å². The minimum absolute atomic E-state index is 0. The molecular formula is C6H15Cl2NO2. The Kier molecular flexibility index (Phi) is 7.68. The zero-order chi connectivity index (χ0) is 8.20. The quantitative estimate of drug-likeness (QED) is 0.243. The summed E-state index contributed by atoms with van der Waals surface area (Å²) in [5.41, 5.74) is 0. The maximum absolute atomic E-state index is 8.29. The summed E-state index contributed by atoms with van der Waals surface area (Å²) < 4.78 is 0.734. The minimum Gasteiger partial charge on any atom is -1.00 e. The van der Waals surface area contributed by atoms with Crippen LogP contribution in [0, 0.1) is 0 Å². The molecule has 1 atom stereocenters. The van der Waals surface area contributed by atoms with Crippen LogP contribution in [0.15, 0.2) is 0 Å². The lowest BCUT2D eigenvalue weighted by molar-refractivity contribution is -0.874. The van der Waals surface area contributed by atoms with Gasteiger partial charge in [0.1, 0.15) is 6.54 Å². The standard InChI is InChI=1S/C6H14ClNO2.ClH/c1-8(2,3)5-6(4-7)10-9;/h6H,4-5H2,1-3H3;1H. The van der Waals surface area contributed by atoms with Crippen LogP contribution in [-0.4, -0.2) is 49.4 Å². The van der Waals surface area contributed by atoms with Crippen LogP contribution in [0.3, 0.4) is 0 Å². The van der Waals surface area contributed by atoms with E-state index in [1.54, 1.807) is 0 Å². The molecule has 0 aromatic rings. The first-order valence-corrected chi connectivity index (χ1v) is 3.69. The van der Waals surface area contributed by atoms with Gasteiger partial charge >= 0.3 is 0 Å². The second kappa shape index (κ2) is 6.03. The second-order valence-electron chi connectivity index (χ2n) is 3.35. The van der Waals surface area contributed by atoms with Gasteiger partial charge in [-0.3, -0.25) is 5.26 Å². The number of alkyl halides is 1. The minimum atomic E-state index is -0.262. The Hall–Kier alpha value is 0.460. The Morgan fingerprint density at radius 3 is 2.00 bits per heavy atom. The van der Waals surface area contributed by atoms with E-state index in [1.165, 1.54) is 0 Å². The number of hydrogen-bond acceptors (Lipinski definition) is 2. The van der Waals surface area contributed by atoms with Crippen molar-refractivity contribution in [2.24, 2.45) is 0 Å². The van der Waals surface area contributed by atoms with Gasteiger partial charge in [-0.1, -0.05) is 0 Å². The molecule has 0 spiro atoms. The Morgan fingerprint density at radius 1 is 1.45 bits per heavy atom. The summed E-state index contributed by atoms with van der Waals surface area (Å²) in [7, 11) is 6.04. The molecular weight excluding hydrogens is 189 g/mol. The summed E-state index contributed by atoms with van der Waals surface area (Å²) in [4.78, 5) is 4.13. The van der Waals surface area contributed by atoms with Crippen molar-refractivity contribution in [1.29, 1.82) is 0 Å². The highest BCUT2D eigenvalue weighted by molar-refractivity contribution is 6.18. The van der Waals surface area contributed by atoms with E-state index in [0.29, 0.717) is 12.4 Å². The average molecular weight is 204 g/mol. The molecule has 0 heterocycles. The molecule has 70 valence electrons. The van der Waals surface area contributed by atoms with Crippen LogP contribution in [0.4, 0.5) is 0 Å². The Balaban J connectivity index is 0. The van der Waals surface area contributed by atoms with Crippen LogP contribution in [-0.2, 0) is 4.89 Å². The molecule has 0 saturated carbocycles. The summed E-state index contributed by atoms with van der Waals surface area (Å²) in [5.74, 6) is 0.325. The largest absolute Gasteiger partial charge is 1.00 e. The Bertz CT molecular complexity index is 91.1. The van der Waals surface area contributed by atoms with E-state index in [2.05, 4.69) is 4.89 Å². The van der Waals surface area contributed by atoms with Gasteiger partial charge in [0.05, 0.1) is 27.0 Å². The fourth-order valence-electron chi connectivity index (χ4n) is 0.721. The zero-order valence-corrected chi connectivity index (χ0v) is 8.56. The van der Waals surface area contributed by atoms with Crippen molar-refractivity contribution in [2.45, 2.75) is 6.10 Å². The van der Waals surface area contributed by atoms with E-state index < -0.39 is 0 Å². The fourth-order valence-corrected chi connectivity index (χ4v) is 0.875. The van der Waals surface area contributed by atoms with Gasteiger partial charge in [0.15, 0.2) is 6.10 Å². The van der Waals surface area contributed by atoms with Crippen molar-refractivity contribution in [2.75, 3.05) is 33.6 Å². The number of likely N-dealkylation sites (N-methyl/N-ethyl adjacent to an activating group) is 1. The monoisotopic (exact) mass is 203 g/mol. The third kappa shape index (κ3) is 8.37. The first-order valence-electron chi connectivity index (χ1n) is 3.16. The maximum Gasteiger partial charge on any atom is 0.155 e. The number of halogens is 2. The van der Waals surface area contributed by atoms with Gasteiger partial charge in [-0.05, 0) is 0 Å². The van der Waals surface area contributed by atoms with Crippen molar-refractivity contribution in [1.82, 2.24) is 0 Å². The van der Waals surface area contributed by atoms with E-state index in [-0.39, 0.29) is 18.5 Å². The molecule has 1 N–H and O–H groups in total. The highest BCUT2D eigenvalue weighted by Crippen LogP contribution is 1.99. The number of nitrogens with zero attached hydrogens (tertiary/aromatic N) is 1. The van der Waals surface area contributed by atoms with Gasteiger partial charge in [0.2, 0.25) is 0 Å². The van der Waals surface area contributed by atoms with Gasteiger partial charge in [-0.15, -0.1) is 11.6 Å². The van der Waals surface area contributed by atoms with Gasteiger partial charge < -0.3 is 16.9 Å².